The Bertz CT molecular complexity index is 921. The van der Waals surface area contributed by atoms with Gasteiger partial charge in [-0.2, -0.15) is 0 Å². The van der Waals surface area contributed by atoms with E-state index < -0.39 is 5.92 Å². The third kappa shape index (κ3) is 4.71. The molecule has 0 saturated carbocycles. The molecule has 2 fully saturated rings. The number of rotatable bonds is 4. The van der Waals surface area contributed by atoms with Crippen LogP contribution in [0.4, 0.5) is 5.69 Å². The van der Waals surface area contributed by atoms with Gasteiger partial charge < -0.3 is 9.80 Å². The molecule has 2 aromatic carbocycles. The molecule has 4 rings (SSSR count). The van der Waals surface area contributed by atoms with Crippen LogP contribution >= 0.6 is 27.5 Å². The van der Waals surface area contributed by atoms with E-state index in [0.29, 0.717) is 26.1 Å². The van der Waals surface area contributed by atoms with Gasteiger partial charge in [0.15, 0.2) is 0 Å². The molecule has 2 heterocycles. The molecule has 0 aromatic heterocycles. The van der Waals surface area contributed by atoms with Gasteiger partial charge in [-0.25, -0.2) is 0 Å². The Morgan fingerprint density at radius 2 is 1.77 bits per heavy atom. The summed E-state index contributed by atoms with van der Waals surface area (Å²) in [7, 11) is 0. The summed E-state index contributed by atoms with van der Waals surface area (Å²) in [5.41, 5.74) is 2.05. The minimum absolute atomic E-state index is 0.0251. The standard InChI is InChI=1S/C23H25BrClN3O2/c24-20-4-1-2-5-21(20)28-13-10-19(23(28)30)22(29)27-12-3-11-26(14-15-27)16-17-6-8-18(25)9-7-17/h1-2,4-9,19H,3,10-16H2. The third-order valence-corrected chi connectivity index (χ3v) is 6.79. The molecular weight excluding hydrogens is 466 g/mol. The minimum atomic E-state index is -0.570. The van der Waals surface area contributed by atoms with Gasteiger partial charge in [0, 0.05) is 48.8 Å². The second-order valence-electron chi connectivity index (χ2n) is 7.86. The van der Waals surface area contributed by atoms with E-state index in [0.717, 1.165) is 41.2 Å². The molecule has 7 heteroatoms. The fourth-order valence-electron chi connectivity index (χ4n) is 4.24. The third-order valence-electron chi connectivity index (χ3n) is 5.87. The maximum atomic E-state index is 13.2. The number of halogens is 2. The van der Waals surface area contributed by atoms with Crippen molar-refractivity contribution in [3.05, 3.63) is 63.6 Å². The largest absolute Gasteiger partial charge is 0.341 e. The van der Waals surface area contributed by atoms with Crippen molar-refractivity contribution in [3.8, 4) is 0 Å². The number of carbonyl (C=O) groups is 2. The maximum absolute atomic E-state index is 13.2. The summed E-state index contributed by atoms with van der Waals surface area (Å²) in [5.74, 6) is -0.683. The topological polar surface area (TPSA) is 43.9 Å². The second kappa shape index (κ2) is 9.50. The number of amides is 2. The quantitative estimate of drug-likeness (QED) is 0.604. The number of hydrogen-bond acceptors (Lipinski definition) is 3. The van der Waals surface area contributed by atoms with Crippen molar-refractivity contribution in [2.24, 2.45) is 5.92 Å². The number of benzene rings is 2. The lowest BCUT2D eigenvalue weighted by molar-refractivity contribution is -0.139. The van der Waals surface area contributed by atoms with Crippen molar-refractivity contribution < 1.29 is 9.59 Å². The lowest BCUT2D eigenvalue weighted by Crippen LogP contribution is -2.42. The average Bonchev–Trinajstić information content (AvgIpc) is 2.97. The van der Waals surface area contributed by atoms with Gasteiger partial charge in [0.2, 0.25) is 11.8 Å². The molecule has 2 aliphatic rings. The van der Waals surface area contributed by atoms with E-state index >= 15 is 0 Å². The molecule has 0 aliphatic carbocycles. The van der Waals surface area contributed by atoms with Crippen LogP contribution in [0.25, 0.3) is 0 Å². The molecule has 5 nitrogen and oxygen atoms in total. The smallest absolute Gasteiger partial charge is 0.239 e. The molecule has 158 valence electrons. The first-order valence-corrected chi connectivity index (χ1v) is 11.5. The van der Waals surface area contributed by atoms with Crippen LogP contribution in [0.3, 0.4) is 0 Å². The normalized spacial score (nSPS) is 20.5. The van der Waals surface area contributed by atoms with Crippen molar-refractivity contribution >= 4 is 45.0 Å². The number of anilines is 1. The van der Waals surface area contributed by atoms with Gasteiger partial charge in [-0.15, -0.1) is 0 Å². The zero-order valence-electron chi connectivity index (χ0n) is 16.8. The number of nitrogens with zero attached hydrogens (tertiary/aromatic N) is 3. The number of carbonyl (C=O) groups excluding carboxylic acids is 2. The fraction of sp³-hybridized carbons (Fsp3) is 0.391. The van der Waals surface area contributed by atoms with Crippen molar-refractivity contribution in [1.82, 2.24) is 9.80 Å². The molecular formula is C23H25BrClN3O2. The van der Waals surface area contributed by atoms with Gasteiger partial charge in [-0.1, -0.05) is 35.9 Å². The van der Waals surface area contributed by atoms with Crippen LogP contribution in [0, 0.1) is 5.92 Å². The molecule has 2 saturated heterocycles. The van der Waals surface area contributed by atoms with Crippen molar-refractivity contribution in [1.29, 1.82) is 0 Å². The Balaban J connectivity index is 1.36. The predicted octanol–water partition coefficient (Wildman–Crippen LogP) is 4.19. The molecule has 0 spiro atoms. The van der Waals surface area contributed by atoms with Crippen LogP contribution in [0.2, 0.25) is 5.02 Å². The van der Waals surface area contributed by atoms with Crippen LogP contribution in [-0.4, -0.2) is 54.3 Å². The lowest BCUT2D eigenvalue weighted by atomic mass is 10.1. The molecule has 0 bridgehead atoms. The van der Waals surface area contributed by atoms with Crippen molar-refractivity contribution in [2.45, 2.75) is 19.4 Å². The Hall–Kier alpha value is -1.89. The Labute approximate surface area is 190 Å². The summed E-state index contributed by atoms with van der Waals surface area (Å²) in [6, 6.07) is 15.6. The summed E-state index contributed by atoms with van der Waals surface area (Å²) < 4.78 is 0.874. The highest BCUT2D eigenvalue weighted by Crippen LogP contribution is 2.32. The highest BCUT2D eigenvalue weighted by atomic mass is 79.9. The lowest BCUT2D eigenvalue weighted by Gasteiger charge is -2.24. The Morgan fingerprint density at radius 1 is 1.00 bits per heavy atom. The zero-order valence-corrected chi connectivity index (χ0v) is 19.1. The van der Waals surface area contributed by atoms with E-state index in [9.17, 15) is 9.59 Å². The molecule has 2 amide bonds. The number of para-hydroxylation sites is 1. The maximum Gasteiger partial charge on any atom is 0.239 e. The van der Waals surface area contributed by atoms with E-state index in [1.807, 2.05) is 53.4 Å². The molecule has 1 atom stereocenters. The summed E-state index contributed by atoms with van der Waals surface area (Å²) in [4.78, 5) is 32.1. The Kier molecular flexibility index (Phi) is 6.76. The highest BCUT2D eigenvalue weighted by molar-refractivity contribution is 9.10. The monoisotopic (exact) mass is 489 g/mol. The van der Waals surface area contributed by atoms with Crippen LogP contribution in [-0.2, 0) is 16.1 Å². The predicted molar refractivity (Wildman–Crippen MR) is 123 cm³/mol. The van der Waals surface area contributed by atoms with E-state index in [4.69, 9.17) is 11.6 Å². The van der Waals surface area contributed by atoms with E-state index in [1.165, 1.54) is 5.56 Å². The molecule has 30 heavy (non-hydrogen) atoms. The van der Waals surface area contributed by atoms with E-state index in [-0.39, 0.29) is 11.8 Å². The Morgan fingerprint density at radius 3 is 2.53 bits per heavy atom. The molecule has 2 aliphatic heterocycles. The number of hydrogen-bond donors (Lipinski definition) is 0. The molecule has 2 aromatic rings. The fourth-order valence-corrected chi connectivity index (χ4v) is 4.86. The second-order valence-corrected chi connectivity index (χ2v) is 9.15. The molecule has 1 unspecified atom stereocenters. The van der Waals surface area contributed by atoms with Gasteiger partial charge in [0.25, 0.3) is 0 Å². The van der Waals surface area contributed by atoms with Crippen LogP contribution in [0.15, 0.2) is 53.0 Å². The van der Waals surface area contributed by atoms with Crippen LogP contribution < -0.4 is 4.90 Å². The highest BCUT2D eigenvalue weighted by Gasteiger charge is 2.40. The molecule has 0 radical (unpaired) electrons. The van der Waals surface area contributed by atoms with Gasteiger partial charge in [0.1, 0.15) is 5.92 Å². The molecule has 0 N–H and O–H groups in total. The van der Waals surface area contributed by atoms with Gasteiger partial charge in [0.05, 0.1) is 5.69 Å². The van der Waals surface area contributed by atoms with Gasteiger partial charge >= 0.3 is 0 Å². The summed E-state index contributed by atoms with van der Waals surface area (Å²) in [6.45, 7) is 4.53. The first-order chi connectivity index (χ1) is 14.5. The van der Waals surface area contributed by atoms with Crippen LogP contribution in [0.5, 0.6) is 0 Å². The van der Waals surface area contributed by atoms with Gasteiger partial charge in [-0.05, 0) is 58.6 Å². The zero-order chi connectivity index (χ0) is 21.1. The van der Waals surface area contributed by atoms with Gasteiger partial charge in [-0.3, -0.25) is 14.5 Å². The van der Waals surface area contributed by atoms with E-state index in [2.05, 4.69) is 20.8 Å². The summed E-state index contributed by atoms with van der Waals surface area (Å²) in [5, 5.41) is 0.740. The summed E-state index contributed by atoms with van der Waals surface area (Å²) in [6.07, 6.45) is 1.48. The first-order valence-electron chi connectivity index (χ1n) is 10.3. The SMILES string of the molecule is O=C(C1CCN(c2ccccc2Br)C1=O)N1CCCN(Cc2ccc(Cl)cc2)CC1. The minimum Gasteiger partial charge on any atom is -0.341 e. The van der Waals surface area contributed by atoms with Crippen molar-refractivity contribution in [3.63, 3.8) is 0 Å². The average molecular weight is 491 g/mol. The van der Waals surface area contributed by atoms with Crippen molar-refractivity contribution in [2.75, 3.05) is 37.6 Å². The summed E-state index contributed by atoms with van der Waals surface area (Å²) >= 11 is 9.49. The first kappa shape index (κ1) is 21.3. The van der Waals surface area contributed by atoms with E-state index in [1.54, 1.807) is 4.90 Å². The van der Waals surface area contributed by atoms with Crippen LogP contribution in [0.1, 0.15) is 18.4 Å².